The van der Waals surface area contributed by atoms with E-state index in [1.807, 2.05) is 43.4 Å². The van der Waals surface area contributed by atoms with E-state index in [9.17, 15) is 4.79 Å². The predicted octanol–water partition coefficient (Wildman–Crippen LogP) is 8.19. The van der Waals surface area contributed by atoms with E-state index in [0.717, 1.165) is 67.4 Å². The molecular weight excluding hydrogens is 556 g/mol. The fourth-order valence-electron chi connectivity index (χ4n) is 5.63. The number of anilines is 1. The topological polar surface area (TPSA) is 57.7 Å². The maximum atomic E-state index is 11.9. The van der Waals surface area contributed by atoms with Crippen molar-refractivity contribution < 1.29 is 9.53 Å². The van der Waals surface area contributed by atoms with Crippen molar-refractivity contribution in [2.75, 3.05) is 38.5 Å². The van der Waals surface area contributed by atoms with E-state index < -0.39 is 0 Å². The van der Waals surface area contributed by atoms with Gasteiger partial charge in [0, 0.05) is 43.8 Å². The summed E-state index contributed by atoms with van der Waals surface area (Å²) >= 11 is 6.20. The number of aromatic nitrogens is 1. The highest BCUT2D eigenvalue weighted by atomic mass is 35.5. The number of pyridine rings is 1. The number of aryl methyl sites for hydroxylation is 1. The summed E-state index contributed by atoms with van der Waals surface area (Å²) in [5.74, 6) is 1.84. The van der Waals surface area contributed by atoms with Gasteiger partial charge in [0.25, 0.3) is 0 Å². The fourth-order valence-corrected chi connectivity index (χ4v) is 5.76. The average molecular weight is 601 g/mol. The van der Waals surface area contributed by atoms with E-state index in [1.54, 1.807) is 18.0 Å². The number of carbonyl (C=O) groups excluding carboxylic acids is 1. The molecule has 1 N–H and O–H groups in total. The third-order valence-electron chi connectivity index (χ3n) is 8.37. The van der Waals surface area contributed by atoms with Gasteiger partial charge in [-0.3, -0.25) is 9.69 Å². The van der Waals surface area contributed by atoms with Gasteiger partial charge in [0.05, 0.1) is 11.8 Å². The Balaban J connectivity index is 1.42. The van der Waals surface area contributed by atoms with Crippen molar-refractivity contribution in [1.29, 1.82) is 0 Å². The molecule has 0 fully saturated rings. The first-order chi connectivity index (χ1) is 20.6. The molecule has 0 saturated carbocycles. The van der Waals surface area contributed by atoms with Gasteiger partial charge in [0.1, 0.15) is 17.3 Å². The normalized spacial score (nSPS) is 16.6. The summed E-state index contributed by atoms with van der Waals surface area (Å²) in [4.78, 5) is 21.2. The van der Waals surface area contributed by atoms with Crippen LogP contribution in [0.4, 0.5) is 5.82 Å². The van der Waals surface area contributed by atoms with Gasteiger partial charge in [-0.25, -0.2) is 4.98 Å². The predicted molar refractivity (Wildman–Crippen MR) is 179 cm³/mol. The van der Waals surface area contributed by atoms with Crippen LogP contribution in [-0.2, 0) is 4.79 Å². The molecule has 2 aromatic rings. The van der Waals surface area contributed by atoms with E-state index in [-0.39, 0.29) is 0 Å². The second-order valence-corrected chi connectivity index (χ2v) is 12.6. The average Bonchev–Trinajstić information content (AvgIpc) is 3.19. The minimum atomic E-state index is 0.299. The van der Waals surface area contributed by atoms with Crippen LogP contribution in [-0.4, -0.2) is 54.3 Å². The Morgan fingerprint density at radius 2 is 1.95 bits per heavy atom. The van der Waals surface area contributed by atoms with Crippen LogP contribution < -0.4 is 10.1 Å². The van der Waals surface area contributed by atoms with E-state index >= 15 is 0 Å². The Labute approximate surface area is 262 Å². The van der Waals surface area contributed by atoms with Gasteiger partial charge >= 0.3 is 0 Å². The summed E-state index contributed by atoms with van der Waals surface area (Å²) in [7, 11) is 2.12. The molecule has 0 spiro atoms. The van der Waals surface area contributed by atoms with Gasteiger partial charge in [-0.05, 0) is 97.5 Å². The molecule has 0 bridgehead atoms. The number of hydrogen-bond donors (Lipinski definition) is 1. The van der Waals surface area contributed by atoms with Gasteiger partial charge in [-0.15, -0.1) is 0 Å². The zero-order valence-corrected chi connectivity index (χ0v) is 27.0. The lowest BCUT2D eigenvalue weighted by Crippen LogP contribution is -2.35. The number of aldehydes is 1. The van der Waals surface area contributed by atoms with E-state index in [0.29, 0.717) is 28.9 Å². The second kappa shape index (κ2) is 14.7. The molecule has 43 heavy (non-hydrogen) atoms. The molecule has 228 valence electrons. The summed E-state index contributed by atoms with van der Waals surface area (Å²) in [6.07, 6.45) is 14.0. The number of carbonyl (C=O) groups is 1. The highest BCUT2D eigenvalue weighted by Gasteiger charge is 2.28. The van der Waals surface area contributed by atoms with Gasteiger partial charge in [0.15, 0.2) is 6.29 Å². The van der Waals surface area contributed by atoms with E-state index in [4.69, 9.17) is 16.3 Å². The number of nitrogens with one attached hydrogen (secondary N) is 1. The molecule has 1 aromatic carbocycles. The van der Waals surface area contributed by atoms with Gasteiger partial charge in [-0.2, -0.15) is 0 Å². The molecule has 4 rings (SSSR count). The molecule has 0 radical (unpaired) electrons. The van der Waals surface area contributed by atoms with Crippen LogP contribution in [0.25, 0.3) is 5.57 Å². The van der Waals surface area contributed by atoms with Crippen LogP contribution in [0.5, 0.6) is 5.75 Å². The Bertz CT molecular complexity index is 1440. The summed E-state index contributed by atoms with van der Waals surface area (Å²) in [5, 5.41) is 3.78. The molecule has 0 aliphatic heterocycles. The lowest BCUT2D eigenvalue weighted by Gasteiger charge is -2.36. The number of hydrogen-bond acceptors (Lipinski definition) is 6. The quantitative estimate of drug-likeness (QED) is 0.234. The highest BCUT2D eigenvalue weighted by Crippen LogP contribution is 2.43. The largest absolute Gasteiger partial charge is 0.455 e. The van der Waals surface area contributed by atoms with E-state index in [1.165, 1.54) is 17.6 Å². The van der Waals surface area contributed by atoms with Crippen molar-refractivity contribution in [2.45, 2.75) is 53.4 Å². The molecule has 1 aromatic heterocycles. The summed E-state index contributed by atoms with van der Waals surface area (Å²) < 4.78 is 6.12. The molecule has 0 unspecified atom stereocenters. The first-order valence-corrected chi connectivity index (χ1v) is 15.5. The number of likely N-dealkylation sites (N-methyl/N-ethyl adjacent to an activating group) is 2. The van der Waals surface area contributed by atoms with Gasteiger partial charge in [0.2, 0.25) is 0 Å². The summed E-state index contributed by atoms with van der Waals surface area (Å²) in [6, 6.07) is 10.2. The Morgan fingerprint density at radius 3 is 2.63 bits per heavy atom. The number of ether oxygens (including phenoxy) is 1. The van der Waals surface area contributed by atoms with E-state index in [2.05, 4.69) is 66.6 Å². The number of nitrogens with zero attached hydrogens (tertiary/aromatic N) is 3. The third-order valence-corrected chi connectivity index (χ3v) is 8.62. The van der Waals surface area contributed by atoms with Crippen molar-refractivity contribution in [1.82, 2.24) is 14.8 Å². The maximum absolute atomic E-state index is 11.9. The summed E-state index contributed by atoms with van der Waals surface area (Å²) in [6.45, 7) is 16.4. The second-order valence-electron chi connectivity index (χ2n) is 12.2. The Hall–Kier alpha value is -3.61. The standard InChI is InChI=1S/C36H45ClN4O2/c1-7-38-35-26(3)21-32(23-39-35)43-34-16-15-31(14-11-29(34)25-42)40(6)19-20-41(8-2)24-28-17-18-36(4,5)22-33(28)27-9-12-30(37)13-10-27/h7,9-14,16,21,23,25H,1,8,15,17-20,22,24H2,2-6H3,(H,38,39). The fraction of sp³-hybridized carbons (Fsp3) is 0.389. The lowest BCUT2D eigenvalue weighted by atomic mass is 9.72. The first-order valence-electron chi connectivity index (χ1n) is 15.1. The van der Waals surface area contributed by atoms with Gasteiger partial charge in [-0.1, -0.05) is 56.7 Å². The molecule has 0 amide bonds. The highest BCUT2D eigenvalue weighted by molar-refractivity contribution is 6.30. The summed E-state index contributed by atoms with van der Waals surface area (Å²) in [5.41, 5.74) is 7.18. The van der Waals surface area contributed by atoms with Crippen molar-refractivity contribution in [3.8, 4) is 5.75 Å². The minimum Gasteiger partial charge on any atom is -0.455 e. The zero-order chi connectivity index (χ0) is 31.0. The Morgan fingerprint density at radius 1 is 1.19 bits per heavy atom. The van der Waals surface area contributed by atoms with Crippen molar-refractivity contribution in [3.05, 3.63) is 106 Å². The zero-order valence-electron chi connectivity index (χ0n) is 26.3. The molecule has 7 heteroatoms. The maximum Gasteiger partial charge on any atom is 0.153 e. The molecule has 0 atom stereocenters. The van der Waals surface area contributed by atoms with Crippen LogP contribution >= 0.6 is 11.6 Å². The molecule has 0 saturated heterocycles. The van der Waals surface area contributed by atoms with Crippen LogP contribution in [0.2, 0.25) is 5.02 Å². The van der Waals surface area contributed by atoms with Crippen LogP contribution in [0.3, 0.4) is 0 Å². The number of allylic oxidation sites excluding steroid dienone is 5. The SMILES string of the molecule is C=CNc1ncc(OC2=CCC(N(C)CCN(CC)CC3=C(c4ccc(Cl)cc4)CC(C)(C)CC3)=CC=C2C=O)cc1C. The van der Waals surface area contributed by atoms with Crippen molar-refractivity contribution in [2.24, 2.45) is 5.41 Å². The number of rotatable bonds is 13. The minimum absolute atomic E-state index is 0.299. The number of benzene rings is 1. The lowest BCUT2D eigenvalue weighted by molar-refractivity contribution is -0.104. The Kier molecular flexibility index (Phi) is 11.1. The number of halogens is 1. The molecule has 2 aliphatic carbocycles. The molecule has 1 heterocycles. The van der Waals surface area contributed by atoms with Crippen LogP contribution in [0, 0.1) is 12.3 Å². The van der Waals surface area contributed by atoms with Crippen LogP contribution in [0.1, 0.15) is 57.6 Å². The molecular formula is C36H45ClN4O2. The third kappa shape index (κ3) is 8.71. The first kappa shape index (κ1) is 32.3. The molecule has 2 aliphatic rings. The van der Waals surface area contributed by atoms with Crippen LogP contribution in [0.15, 0.2) is 90.1 Å². The van der Waals surface area contributed by atoms with Crippen molar-refractivity contribution >= 4 is 29.3 Å². The van der Waals surface area contributed by atoms with Gasteiger partial charge < -0.3 is 15.0 Å². The smallest absolute Gasteiger partial charge is 0.153 e. The molecule has 6 nitrogen and oxygen atoms in total. The monoisotopic (exact) mass is 600 g/mol. The van der Waals surface area contributed by atoms with Crippen molar-refractivity contribution in [3.63, 3.8) is 0 Å².